The van der Waals surface area contributed by atoms with Crippen LogP contribution in [0, 0.1) is 0 Å². The molecule has 31 heavy (non-hydrogen) atoms. The Morgan fingerprint density at radius 1 is 1.19 bits per heavy atom. The summed E-state index contributed by atoms with van der Waals surface area (Å²) in [5, 5.41) is 0.594. The predicted octanol–water partition coefficient (Wildman–Crippen LogP) is 3.76. The number of para-hydroxylation sites is 1. The van der Waals surface area contributed by atoms with E-state index < -0.39 is 16.1 Å². The maximum Gasteiger partial charge on any atom is 0.253 e. The zero-order valence-electron chi connectivity index (χ0n) is 17.2. The average Bonchev–Trinajstić information content (AvgIpc) is 3.46. The summed E-state index contributed by atoms with van der Waals surface area (Å²) in [7, 11) is 0.0855. The van der Waals surface area contributed by atoms with Crippen LogP contribution in [0.2, 0.25) is 4.34 Å². The topological polar surface area (TPSA) is 73.8 Å². The van der Waals surface area contributed by atoms with Crippen LogP contribution >= 0.6 is 34.3 Å². The van der Waals surface area contributed by atoms with Crippen LogP contribution in [0.1, 0.15) is 12.8 Å². The van der Waals surface area contributed by atoms with Gasteiger partial charge in [-0.3, -0.25) is 9.69 Å². The van der Waals surface area contributed by atoms with Crippen molar-refractivity contribution >= 4 is 65.6 Å². The zero-order chi connectivity index (χ0) is 22.2. The van der Waals surface area contributed by atoms with Gasteiger partial charge in [0.15, 0.2) is 5.13 Å². The molecule has 7 nitrogen and oxygen atoms in total. The van der Waals surface area contributed by atoms with Crippen LogP contribution in [0.3, 0.4) is 0 Å². The highest BCUT2D eigenvalue weighted by Gasteiger charge is 2.42. The van der Waals surface area contributed by atoms with Crippen molar-refractivity contribution in [1.82, 2.24) is 14.2 Å². The van der Waals surface area contributed by atoms with Gasteiger partial charge in [-0.25, -0.2) is 13.4 Å². The number of fused-ring (bicyclic) bond motifs is 1. The Kier molecular flexibility index (Phi) is 6.66. The fourth-order valence-corrected chi connectivity index (χ4v) is 7.84. The molecule has 1 fully saturated rings. The molecular weight excluding hydrogens is 476 g/mol. The number of hydrogen-bond donors (Lipinski definition) is 0. The third-order valence-electron chi connectivity index (χ3n) is 5.15. The molecule has 4 rings (SSSR count). The number of anilines is 1. The van der Waals surface area contributed by atoms with Crippen molar-refractivity contribution in [3.8, 4) is 0 Å². The van der Waals surface area contributed by atoms with Crippen LogP contribution in [0.15, 0.2) is 40.6 Å². The largest absolute Gasteiger partial charge is 0.308 e. The molecule has 0 radical (unpaired) electrons. The Balaban J connectivity index is 1.66. The van der Waals surface area contributed by atoms with Gasteiger partial charge in [0, 0.05) is 19.6 Å². The summed E-state index contributed by atoms with van der Waals surface area (Å²) in [5.74, 6) is -0.232. The number of carbonyl (C=O) groups excluding carboxylic acids is 1. The minimum atomic E-state index is -3.79. The Morgan fingerprint density at radius 3 is 2.65 bits per heavy atom. The van der Waals surface area contributed by atoms with E-state index in [1.807, 2.05) is 43.3 Å². The Morgan fingerprint density at radius 2 is 1.97 bits per heavy atom. The van der Waals surface area contributed by atoms with E-state index in [0.717, 1.165) is 21.6 Å². The third kappa shape index (κ3) is 4.64. The van der Waals surface area contributed by atoms with Gasteiger partial charge in [-0.05, 0) is 51.2 Å². The summed E-state index contributed by atoms with van der Waals surface area (Å²) >= 11 is 8.42. The van der Waals surface area contributed by atoms with E-state index in [2.05, 4.69) is 4.98 Å². The molecule has 0 aliphatic carbocycles. The summed E-state index contributed by atoms with van der Waals surface area (Å²) in [6.07, 6.45) is 1.12. The first kappa shape index (κ1) is 22.6. The lowest BCUT2D eigenvalue weighted by molar-refractivity contribution is -0.121. The van der Waals surface area contributed by atoms with Gasteiger partial charge in [-0.2, -0.15) is 4.31 Å². The fraction of sp³-hybridized carbons (Fsp3) is 0.400. The fourth-order valence-electron chi connectivity index (χ4n) is 3.58. The number of hydrogen-bond acceptors (Lipinski definition) is 7. The van der Waals surface area contributed by atoms with Crippen LogP contribution in [0.25, 0.3) is 10.2 Å². The van der Waals surface area contributed by atoms with Crippen LogP contribution < -0.4 is 4.90 Å². The zero-order valence-corrected chi connectivity index (χ0v) is 20.4. The Hall–Kier alpha value is -1.56. The molecule has 0 spiro atoms. The Labute approximate surface area is 194 Å². The first-order valence-electron chi connectivity index (χ1n) is 9.86. The maximum atomic E-state index is 13.7. The standard InChI is InChI=1S/C20H23ClN4O3S3/c1-23(2)12-13-24(20-22-14-6-3-4-8-16(14)29-20)19(26)15-7-5-11-25(15)31(27,28)18-10-9-17(21)30-18/h3-4,6,8-10,15H,5,7,11-13H2,1-2H3/t15-/m1/s1. The van der Waals surface area contributed by atoms with Crippen molar-refractivity contribution in [2.45, 2.75) is 23.1 Å². The van der Waals surface area contributed by atoms with Crippen molar-refractivity contribution in [2.24, 2.45) is 0 Å². The lowest BCUT2D eigenvalue weighted by Crippen LogP contribution is -2.49. The molecule has 1 saturated heterocycles. The minimum Gasteiger partial charge on any atom is -0.308 e. The number of halogens is 1. The second-order valence-corrected chi connectivity index (χ2v) is 12.4. The van der Waals surface area contributed by atoms with Gasteiger partial charge in [-0.1, -0.05) is 35.1 Å². The van der Waals surface area contributed by atoms with Crippen LogP contribution in [-0.2, 0) is 14.8 Å². The van der Waals surface area contributed by atoms with E-state index in [1.165, 1.54) is 21.7 Å². The average molecular weight is 499 g/mol. The molecule has 2 aromatic heterocycles. The van der Waals surface area contributed by atoms with Crippen LogP contribution in [0.4, 0.5) is 5.13 Å². The smallest absolute Gasteiger partial charge is 0.253 e. The number of thiazole rings is 1. The molecule has 3 heterocycles. The molecule has 1 aliphatic rings. The number of sulfonamides is 1. The van der Waals surface area contributed by atoms with Crippen molar-refractivity contribution in [1.29, 1.82) is 0 Å². The minimum absolute atomic E-state index is 0.164. The monoisotopic (exact) mass is 498 g/mol. The highest BCUT2D eigenvalue weighted by molar-refractivity contribution is 7.91. The number of likely N-dealkylation sites (N-methyl/N-ethyl adjacent to an activating group) is 1. The second kappa shape index (κ2) is 9.13. The first-order chi connectivity index (χ1) is 14.8. The molecular formula is C20H23ClN4O3S3. The molecule has 0 bridgehead atoms. The van der Waals surface area contributed by atoms with Gasteiger partial charge in [0.25, 0.3) is 10.0 Å². The third-order valence-corrected chi connectivity index (χ3v) is 9.82. The van der Waals surface area contributed by atoms with E-state index >= 15 is 0 Å². The molecule has 0 unspecified atom stereocenters. The second-order valence-electron chi connectivity index (χ2n) is 7.59. The number of thiophene rings is 1. The molecule has 1 amide bonds. The molecule has 3 aromatic rings. The van der Waals surface area contributed by atoms with Crippen molar-refractivity contribution in [2.75, 3.05) is 38.6 Å². The molecule has 0 N–H and O–H groups in total. The summed E-state index contributed by atoms with van der Waals surface area (Å²) in [6, 6.07) is 10.0. The highest BCUT2D eigenvalue weighted by Crippen LogP contribution is 2.34. The van der Waals surface area contributed by atoms with Crippen LogP contribution in [-0.4, -0.2) is 68.3 Å². The number of aromatic nitrogens is 1. The summed E-state index contributed by atoms with van der Waals surface area (Å²) in [6.45, 7) is 1.39. The summed E-state index contributed by atoms with van der Waals surface area (Å²) in [4.78, 5) is 22.0. The number of benzene rings is 1. The highest BCUT2D eigenvalue weighted by atomic mass is 35.5. The quantitative estimate of drug-likeness (QED) is 0.496. The van der Waals surface area contributed by atoms with E-state index in [0.29, 0.717) is 41.9 Å². The lowest BCUT2D eigenvalue weighted by atomic mass is 10.2. The molecule has 166 valence electrons. The van der Waals surface area contributed by atoms with Crippen molar-refractivity contribution < 1.29 is 13.2 Å². The van der Waals surface area contributed by atoms with Gasteiger partial charge in [0.1, 0.15) is 10.3 Å². The predicted molar refractivity (Wildman–Crippen MR) is 127 cm³/mol. The van der Waals surface area contributed by atoms with E-state index in [4.69, 9.17) is 11.6 Å². The van der Waals surface area contributed by atoms with Crippen molar-refractivity contribution in [3.63, 3.8) is 0 Å². The molecule has 1 aliphatic heterocycles. The van der Waals surface area contributed by atoms with Gasteiger partial charge >= 0.3 is 0 Å². The first-order valence-corrected chi connectivity index (χ1v) is 13.3. The summed E-state index contributed by atoms with van der Waals surface area (Å²) in [5.41, 5.74) is 0.828. The van der Waals surface area contributed by atoms with Gasteiger partial charge < -0.3 is 4.90 Å². The van der Waals surface area contributed by atoms with Gasteiger partial charge in [-0.15, -0.1) is 11.3 Å². The molecule has 0 saturated carbocycles. The SMILES string of the molecule is CN(C)CCN(C(=O)[C@H]1CCCN1S(=O)(=O)c1ccc(Cl)s1)c1nc2ccccc2s1. The molecule has 11 heteroatoms. The molecule has 1 aromatic carbocycles. The number of rotatable bonds is 7. The van der Waals surface area contributed by atoms with Gasteiger partial charge in [0.05, 0.1) is 14.6 Å². The maximum absolute atomic E-state index is 13.7. The van der Waals surface area contributed by atoms with Crippen molar-refractivity contribution in [3.05, 3.63) is 40.7 Å². The lowest BCUT2D eigenvalue weighted by Gasteiger charge is -2.29. The van der Waals surface area contributed by atoms with E-state index in [-0.39, 0.29) is 10.1 Å². The Bertz CT molecular complexity index is 1160. The normalized spacial score (nSPS) is 17.6. The van der Waals surface area contributed by atoms with E-state index in [1.54, 1.807) is 11.0 Å². The van der Waals surface area contributed by atoms with Gasteiger partial charge in [0.2, 0.25) is 5.91 Å². The number of nitrogens with zero attached hydrogens (tertiary/aromatic N) is 4. The number of carbonyl (C=O) groups is 1. The summed E-state index contributed by atoms with van der Waals surface area (Å²) < 4.78 is 29.3. The van der Waals surface area contributed by atoms with E-state index in [9.17, 15) is 13.2 Å². The molecule has 1 atom stereocenters. The number of amides is 1. The van der Waals surface area contributed by atoms with Crippen LogP contribution in [0.5, 0.6) is 0 Å².